The van der Waals surface area contributed by atoms with Gasteiger partial charge in [0.05, 0.1) is 19.0 Å². The highest BCUT2D eigenvalue weighted by atomic mass is 32.2. The van der Waals surface area contributed by atoms with Gasteiger partial charge in [0, 0.05) is 49.2 Å². The summed E-state index contributed by atoms with van der Waals surface area (Å²) < 4.78 is 25.3. The first-order valence-corrected chi connectivity index (χ1v) is 8.68. The normalized spacial score (nSPS) is 16.3. The van der Waals surface area contributed by atoms with Gasteiger partial charge in [-0.15, -0.1) is 0 Å². The molecule has 23 heavy (non-hydrogen) atoms. The van der Waals surface area contributed by atoms with E-state index in [2.05, 4.69) is 19.9 Å². The zero-order valence-electron chi connectivity index (χ0n) is 12.6. The highest BCUT2D eigenvalue weighted by molar-refractivity contribution is 7.79. The summed E-state index contributed by atoms with van der Waals surface area (Å²) in [5, 5.41) is 0. The summed E-state index contributed by atoms with van der Waals surface area (Å²) in [4.78, 5) is 15.4. The summed E-state index contributed by atoms with van der Waals surface area (Å²) in [5.41, 5.74) is 1.58. The van der Waals surface area contributed by atoms with Crippen LogP contribution in [0.25, 0.3) is 11.4 Å². The SMILES string of the molecule is O=S(O)CCc1cc(N2CCOCC2)nc(-c2cccnc2)n1. The van der Waals surface area contributed by atoms with Crippen LogP contribution in [0.15, 0.2) is 30.6 Å². The van der Waals surface area contributed by atoms with Crippen molar-refractivity contribution in [2.24, 2.45) is 0 Å². The first-order chi connectivity index (χ1) is 11.2. The summed E-state index contributed by atoms with van der Waals surface area (Å²) in [6, 6.07) is 5.63. The van der Waals surface area contributed by atoms with E-state index in [0.29, 0.717) is 25.5 Å². The van der Waals surface area contributed by atoms with Crippen LogP contribution in [-0.4, -0.2) is 55.8 Å². The molecule has 1 aliphatic heterocycles. The number of hydrogen-bond donors (Lipinski definition) is 1. The van der Waals surface area contributed by atoms with E-state index in [1.165, 1.54) is 0 Å². The van der Waals surface area contributed by atoms with Crippen LogP contribution < -0.4 is 4.90 Å². The van der Waals surface area contributed by atoms with E-state index in [1.807, 2.05) is 18.2 Å². The Morgan fingerprint density at radius 1 is 1.30 bits per heavy atom. The lowest BCUT2D eigenvalue weighted by Crippen LogP contribution is -2.37. The quantitative estimate of drug-likeness (QED) is 0.820. The largest absolute Gasteiger partial charge is 0.378 e. The molecule has 7 nitrogen and oxygen atoms in total. The number of morpholine rings is 1. The number of rotatable bonds is 5. The van der Waals surface area contributed by atoms with Crippen molar-refractivity contribution in [2.45, 2.75) is 6.42 Å². The van der Waals surface area contributed by atoms with E-state index in [-0.39, 0.29) is 5.75 Å². The standard InChI is InChI=1S/C15H18N4O3S/c20-23(21)9-3-13-10-14(19-5-7-22-8-6-19)18-15(17-13)12-2-1-4-16-11-12/h1-2,4,10-11H,3,5-9H2,(H,20,21). The molecule has 1 N–H and O–H groups in total. The third kappa shape index (κ3) is 4.31. The smallest absolute Gasteiger partial charge is 0.163 e. The number of anilines is 1. The average molecular weight is 334 g/mol. The van der Waals surface area contributed by atoms with Gasteiger partial charge in [-0.1, -0.05) is 0 Å². The second-order valence-electron chi connectivity index (χ2n) is 5.16. The lowest BCUT2D eigenvalue weighted by atomic mass is 10.2. The molecule has 0 spiro atoms. The van der Waals surface area contributed by atoms with Crippen molar-refractivity contribution in [2.75, 3.05) is 37.0 Å². The van der Waals surface area contributed by atoms with Gasteiger partial charge >= 0.3 is 0 Å². The number of ether oxygens (including phenoxy) is 1. The summed E-state index contributed by atoms with van der Waals surface area (Å²) in [6.45, 7) is 2.88. The first-order valence-electron chi connectivity index (χ1n) is 7.41. The molecule has 1 fully saturated rings. The van der Waals surface area contributed by atoms with E-state index >= 15 is 0 Å². The van der Waals surface area contributed by atoms with Crippen molar-refractivity contribution >= 4 is 16.9 Å². The Bertz CT molecular complexity index is 678. The molecule has 122 valence electrons. The van der Waals surface area contributed by atoms with E-state index in [9.17, 15) is 4.21 Å². The van der Waals surface area contributed by atoms with E-state index in [1.54, 1.807) is 12.4 Å². The molecule has 0 bridgehead atoms. The van der Waals surface area contributed by atoms with Crippen LogP contribution in [0.3, 0.4) is 0 Å². The number of nitrogens with zero attached hydrogens (tertiary/aromatic N) is 4. The zero-order chi connectivity index (χ0) is 16.1. The van der Waals surface area contributed by atoms with Gasteiger partial charge in [-0.3, -0.25) is 4.98 Å². The lowest BCUT2D eigenvalue weighted by molar-refractivity contribution is 0.122. The Balaban J connectivity index is 1.94. The molecular weight excluding hydrogens is 316 g/mol. The molecule has 1 unspecified atom stereocenters. The molecule has 1 atom stereocenters. The minimum Gasteiger partial charge on any atom is -0.378 e. The minimum atomic E-state index is -1.83. The Labute approximate surface area is 137 Å². The molecular formula is C15H18N4O3S. The molecule has 0 aliphatic carbocycles. The van der Waals surface area contributed by atoms with Gasteiger partial charge in [-0.2, -0.15) is 0 Å². The molecule has 0 saturated carbocycles. The van der Waals surface area contributed by atoms with E-state index < -0.39 is 11.1 Å². The second-order valence-corrected chi connectivity index (χ2v) is 6.21. The van der Waals surface area contributed by atoms with Crippen molar-refractivity contribution in [3.63, 3.8) is 0 Å². The van der Waals surface area contributed by atoms with Crippen LogP contribution in [-0.2, 0) is 22.2 Å². The Morgan fingerprint density at radius 2 is 2.13 bits per heavy atom. The first kappa shape index (κ1) is 16.0. The van der Waals surface area contributed by atoms with Crippen molar-refractivity contribution in [1.82, 2.24) is 15.0 Å². The maximum Gasteiger partial charge on any atom is 0.163 e. The van der Waals surface area contributed by atoms with Gasteiger partial charge in [0.25, 0.3) is 0 Å². The molecule has 2 aromatic heterocycles. The van der Waals surface area contributed by atoms with Crippen LogP contribution in [0.5, 0.6) is 0 Å². The van der Waals surface area contributed by atoms with Crippen molar-refractivity contribution in [3.05, 3.63) is 36.3 Å². The molecule has 1 aliphatic rings. The summed E-state index contributed by atoms with van der Waals surface area (Å²) in [5.74, 6) is 1.56. The van der Waals surface area contributed by atoms with Crippen LogP contribution in [0.2, 0.25) is 0 Å². The van der Waals surface area contributed by atoms with Crippen LogP contribution in [0.4, 0.5) is 5.82 Å². The van der Waals surface area contributed by atoms with Gasteiger partial charge < -0.3 is 14.2 Å². The summed E-state index contributed by atoms with van der Waals surface area (Å²) >= 11 is -1.83. The highest BCUT2D eigenvalue weighted by Crippen LogP contribution is 2.20. The number of pyridine rings is 1. The van der Waals surface area contributed by atoms with Crippen molar-refractivity contribution in [1.29, 1.82) is 0 Å². The Morgan fingerprint density at radius 3 is 2.83 bits per heavy atom. The fourth-order valence-electron chi connectivity index (χ4n) is 2.38. The van der Waals surface area contributed by atoms with Gasteiger partial charge in [-0.05, 0) is 12.1 Å². The van der Waals surface area contributed by atoms with Crippen LogP contribution in [0.1, 0.15) is 5.69 Å². The van der Waals surface area contributed by atoms with Gasteiger partial charge in [0.2, 0.25) is 0 Å². The van der Waals surface area contributed by atoms with Gasteiger partial charge in [0.1, 0.15) is 5.82 Å². The molecule has 0 amide bonds. The molecule has 1 saturated heterocycles. The van der Waals surface area contributed by atoms with E-state index in [4.69, 9.17) is 9.29 Å². The lowest BCUT2D eigenvalue weighted by Gasteiger charge is -2.28. The molecule has 0 aromatic carbocycles. The minimum absolute atomic E-state index is 0.159. The fraction of sp³-hybridized carbons (Fsp3) is 0.400. The van der Waals surface area contributed by atoms with Crippen LogP contribution >= 0.6 is 0 Å². The third-order valence-electron chi connectivity index (χ3n) is 3.55. The van der Waals surface area contributed by atoms with E-state index in [0.717, 1.165) is 30.2 Å². The fourth-order valence-corrected chi connectivity index (χ4v) is 2.77. The molecule has 3 heterocycles. The Hall–Kier alpha value is -1.90. The maximum absolute atomic E-state index is 10.9. The molecule has 0 radical (unpaired) electrons. The predicted molar refractivity (Wildman–Crippen MR) is 87.6 cm³/mol. The highest BCUT2D eigenvalue weighted by Gasteiger charge is 2.16. The number of hydrogen-bond acceptors (Lipinski definition) is 6. The van der Waals surface area contributed by atoms with Crippen LogP contribution in [0, 0.1) is 0 Å². The second kappa shape index (κ2) is 7.58. The summed E-state index contributed by atoms with van der Waals surface area (Å²) in [7, 11) is 0. The monoisotopic (exact) mass is 334 g/mol. The molecule has 2 aromatic rings. The predicted octanol–water partition coefficient (Wildman–Crippen LogP) is 1.14. The maximum atomic E-state index is 10.9. The Kier molecular flexibility index (Phi) is 5.27. The summed E-state index contributed by atoms with van der Waals surface area (Å²) in [6.07, 6.45) is 3.84. The topological polar surface area (TPSA) is 88.4 Å². The molecule has 3 rings (SSSR count). The number of aryl methyl sites for hydroxylation is 1. The van der Waals surface area contributed by atoms with Gasteiger partial charge in [0.15, 0.2) is 16.9 Å². The average Bonchev–Trinajstić information content (AvgIpc) is 2.61. The van der Waals surface area contributed by atoms with Crippen molar-refractivity contribution in [3.8, 4) is 11.4 Å². The van der Waals surface area contributed by atoms with Gasteiger partial charge in [-0.25, -0.2) is 14.2 Å². The third-order valence-corrected chi connectivity index (χ3v) is 4.11. The zero-order valence-corrected chi connectivity index (χ0v) is 13.4. The van der Waals surface area contributed by atoms with Crippen molar-refractivity contribution < 1.29 is 13.5 Å². The number of aromatic nitrogens is 3. The molecule has 8 heteroatoms.